The van der Waals surface area contributed by atoms with Crippen molar-refractivity contribution in [2.24, 2.45) is 11.8 Å². The summed E-state index contributed by atoms with van der Waals surface area (Å²) in [6, 6.07) is 6.38. The van der Waals surface area contributed by atoms with Gasteiger partial charge in [0.2, 0.25) is 15.9 Å². The fourth-order valence-electron chi connectivity index (χ4n) is 4.49. The van der Waals surface area contributed by atoms with E-state index < -0.39 is 16.0 Å². The average molecular weight is 423 g/mol. The molecule has 2 heterocycles. The van der Waals surface area contributed by atoms with Crippen LogP contribution in [0.2, 0.25) is 0 Å². The van der Waals surface area contributed by atoms with E-state index in [2.05, 4.69) is 13.8 Å². The van der Waals surface area contributed by atoms with Gasteiger partial charge in [-0.2, -0.15) is 4.31 Å². The van der Waals surface area contributed by atoms with Gasteiger partial charge in [-0.1, -0.05) is 26.0 Å². The summed E-state index contributed by atoms with van der Waals surface area (Å²) in [6.07, 6.45) is 2.99. The fourth-order valence-corrected chi connectivity index (χ4v) is 6.14. The Hall–Kier alpha value is -1.93. The number of amides is 1. The van der Waals surface area contributed by atoms with Crippen LogP contribution in [0.3, 0.4) is 0 Å². The second kappa shape index (κ2) is 8.83. The third-order valence-electron chi connectivity index (χ3n) is 6.09. The molecule has 8 heteroatoms. The Balaban J connectivity index is 1.71. The van der Waals surface area contributed by atoms with E-state index in [1.807, 2.05) is 4.90 Å². The van der Waals surface area contributed by atoms with Crippen LogP contribution in [0, 0.1) is 11.8 Å². The molecule has 2 atom stereocenters. The summed E-state index contributed by atoms with van der Waals surface area (Å²) in [5.41, 5.74) is 0.0324. The molecule has 29 heavy (non-hydrogen) atoms. The molecule has 0 aliphatic carbocycles. The topological polar surface area (TPSA) is 84.0 Å². The number of likely N-dealkylation sites (tertiary alicyclic amines) is 1. The molecule has 160 valence electrons. The quantitative estimate of drug-likeness (QED) is 0.681. The van der Waals surface area contributed by atoms with Crippen LogP contribution in [0.5, 0.6) is 0 Å². The van der Waals surface area contributed by atoms with Crippen LogP contribution in [0.15, 0.2) is 29.2 Å². The van der Waals surface area contributed by atoms with Gasteiger partial charge in [-0.05, 0) is 43.7 Å². The maximum atomic E-state index is 13.1. The van der Waals surface area contributed by atoms with E-state index in [1.165, 1.54) is 23.5 Å². The number of carbonyl (C=O) groups excluding carboxylic acids is 2. The maximum absolute atomic E-state index is 13.1. The van der Waals surface area contributed by atoms with E-state index in [0.29, 0.717) is 24.8 Å². The van der Waals surface area contributed by atoms with Gasteiger partial charge in [0, 0.05) is 31.6 Å². The number of benzene rings is 1. The summed E-state index contributed by atoms with van der Waals surface area (Å²) in [5.74, 6) is -0.146. The van der Waals surface area contributed by atoms with Crippen LogP contribution in [0.1, 0.15) is 49.9 Å². The number of hydrogen-bond donors (Lipinski definition) is 0. The van der Waals surface area contributed by atoms with Gasteiger partial charge in [-0.3, -0.25) is 4.79 Å². The number of esters is 1. The Morgan fingerprint density at radius 2 is 1.83 bits per heavy atom. The summed E-state index contributed by atoms with van der Waals surface area (Å²) in [7, 11) is -2.60. The van der Waals surface area contributed by atoms with Gasteiger partial charge in [0.1, 0.15) is 0 Å². The molecule has 0 unspecified atom stereocenters. The number of carbonyl (C=O) groups is 2. The zero-order chi connectivity index (χ0) is 21.2. The molecule has 2 aliphatic heterocycles. The molecule has 1 aromatic rings. The van der Waals surface area contributed by atoms with E-state index in [0.717, 1.165) is 19.4 Å². The molecule has 0 spiro atoms. The van der Waals surface area contributed by atoms with Crippen molar-refractivity contribution in [2.45, 2.75) is 50.5 Å². The van der Waals surface area contributed by atoms with Gasteiger partial charge in [-0.15, -0.1) is 0 Å². The van der Waals surface area contributed by atoms with Crippen molar-refractivity contribution < 1.29 is 22.7 Å². The van der Waals surface area contributed by atoms with Crippen molar-refractivity contribution in [1.82, 2.24) is 9.21 Å². The molecule has 2 saturated heterocycles. The Morgan fingerprint density at radius 3 is 2.45 bits per heavy atom. The first-order valence-corrected chi connectivity index (χ1v) is 11.7. The van der Waals surface area contributed by atoms with Gasteiger partial charge in [0.15, 0.2) is 0 Å². The van der Waals surface area contributed by atoms with Crippen molar-refractivity contribution in [3.63, 3.8) is 0 Å². The second-order valence-corrected chi connectivity index (χ2v) is 9.97. The first kappa shape index (κ1) is 21.8. The molecule has 7 nitrogen and oxygen atoms in total. The predicted octanol–water partition coefficient (Wildman–Crippen LogP) is 2.52. The standard InChI is InChI=1S/C21H30N2O5S/c1-4-17-13-15(2)14-23(17)20(24)16-9-11-22(12-10-16)29(26,27)19-8-6-5-7-18(19)21(25)28-3/h5-8,15-17H,4,9-14H2,1-3H3/t15-,17+/m0/s1. The lowest BCUT2D eigenvalue weighted by Crippen LogP contribution is -2.45. The Bertz CT molecular complexity index is 862. The summed E-state index contributed by atoms with van der Waals surface area (Å²) in [4.78, 5) is 27.0. The molecule has 2 fully saturated rings. The monoisotopic (exact) mass is 422 g/mol. The lowest BCUT2D eigenvalue weighted by molar-refractivity contribution is -0.137. The zero-order valence-electron chi connectivity index (χ0n) is 17.3. The van der Waals surface area contributed by atoms with Crippen LogP contribution >= 0.6 is 0 Å². The predicted molar refractivity (Wildman–Crippen MR) is 109 cm³/mol. The number of hydrogen-bond acceptors (Lipinski definition) is 5. The van der Waals surface area contributed by atoms with E-state index in [-0.39, 0.29) is 35.4 Å². The van der Waals surface area contributed by atoms with Gasteiger partial charge in [-0.25, -0.2) is 13.2 Å². The lowest BCUT2D eigenvalue weighted by Gasteiger charge is -2.34. The molecule has 0 aromatic heterocycles. The summed E-state index contributed by atoms with van der Waals surface area (Å²) < 4.78 is 32.4. The van der Waals surface area contributed by atoms with E-state index >= 15 is 0 Å². The Kier molecular flexibility index (Phi) is 6.63. The number of piperidine rings is 1. The number of methoxy groups -OCH3 is 1. The van der Waals surface area contributed by atoms with Crippen molar-refractivity contribution >= 4 is 21.9 Å². The molecule has 1 amide bonds. The van der Waals surface area contributed by atoms with E-state index in [9.17, 15) is 18.0 Å². The van der Waals surface area contributed by atoms with Gasteiger partial charge in [0.25, 0.3) is 0 Å². The Labute approximate surface area is 173 Å². The largest absolute Gasteiger partial charge is 0.465 e. The minimum absolute atomic E-state index is 0.0324. The number of ether oxygens (including phenoxy) is 1. The van der Waals surface area contributed by atoms with Crippen molar-refractivity contribution in [1.29, 1.82) is 0 Å². The third kappa shape index (κ3) is 4.33. The van der Waals surface area contributed by atoms with Crippen LogP contribution in [-0.2, 0) is 19.6 Å². The Morgan fingerprint density at radius 1 is 1.17 bits per heavy atom. The van der Waals surface area contributed by atoms with Crippen LogP contribution in [0.25, 0.3) is 0 Å². The molecule has 0 saturated carbocycles. The summed E-state index contributed by atoms with van der Waals surface area (Å²) in [5, 5.41) is 0. The van der Waals surface area contributed by atoms with Crippen molar-refractivity contribution in [3.8, 4) is 0 Å². The molecular weight excluding hydrogens is 392 g/mol. The van der Waals surface area contributed by atoms with Crippen LogP contribution < -0.4 is 0 Å². The second-order valence-electron chi connectivity index (χ2n) is 8.06. The summed E-state index contributed by atoms with van der Waals surface area (Å²) in [6.45, 7) is 5.62. The normalized spacial score (nSPS) is 23.9. The fraction of sp³-hybridized carbons (Fsp3) is 0.619. The number of rotatable bonds is 5. The molecule has 3 rings (SSSR count). The molecule has 0 N–H and O–H groups in total. The van der Waals surface area contributed by atoms with E-state index in [1.54, 1.807) is 12.1 Å². The van der Waals surface area contributed by atoms with Crippen LogP contribution in [0.4, 0.5) is 0 Å². The molecule has 2 aliphatic rings. The van der Waals surface area contributed by atoms with Crippen molar-refractivity contribution in [2.75, 3.05) is 26.7 Å². The number of sulfonamides is 1. The molecule has 0 radical (unpaired) electrons. The zero-order valence-corrected chi connectivity index (χ0v) is 18.2. The molecule has 1 aromatic carbocycles. The lowest BCUT2D eigenvalue weighted by atomic mass is 9.96. The highest BCUT2D eigenvalue weighted by molar-refractivity contribution is 7.89. The molecular formula is C21H30N2O5S. The smallest absolute Gasteiger partial charge is 0.339 e. The first-order valence-electron chi connectivity index (χ1n) is 10.3. The van der Waals surface area contributed by atoms with Crippen LogP contribution in [-0.4, -0.2) is 62.3 Å². The maximum Gasteiger partial charge on any atom is 0.339 e. The number of nitrogens with zero attached hydrogens (tertiary/aromatic N) is 2. The highest BCUT2D eigenvalue weighted by Gasteiger charge is 2.39. The van der Waals surface area contributed by atoms with Gasteiger partial charge in [0.05, 0.1) is 17.6 Å². The first-order chi connectivity index (χ1) is 13.8. The average Bonchev–Trinajstić information content (AvgIpc) is 3.13. The minimum Gasteiger partial charge on any atom is -0.465 e. The minimum atomic E-state index is -3.83. The van der Waals surface area contributed by atoms with Crippen molar-refractivity contribution in [3.05, 3.63) is 29.8 Å². The highest BCUT2D eigenvalue weighted by Crippen LogP contribution is 2.31. The molecule has 0 bridgehead atoms. The summed E-state index contributed by atoms with van der Waals surface area (Å²) >= 11 is 0. The van der Waals surface area contributed by atoms with E-state index in [4.69, 9.17) is 4.74 Å². The third-order valence-corrected chi connectivity index (χ3v) is 8.05. The van der Waals surface area contributed by atoms with Gasteiger partial charge < -0.3 is 9.64 Å². The van der Waals surface area contributed by atoms with Gasteiger partial charge >= 0.3 is 5.97 Å². The SMILES string of the molecule is CC[C@@H]1C[C@H](C)CN1C(=O)C1CCN(S(=O)(=O)c2ccccc2C(=O)OC)CC1. The highest BCUT2D eigenvalue weighted by atomic mass is 32.2.